The van der Waals surface area contributed by atoms with E-state index in [0.29, 0.717) is 17.9 Å². The number of aliphatic hydroxyl groups excluding tert-OH is 1. The average Bonchev–Trinajstić information content (AvgIpc) is 2.53. The van der Waals surface area contributed by atoms with Gasteiger partial charge in [0, 0.05) is 26.2 Å². The van der Waals surface area contributed by atoms with E-state index in [1.807, 2.05) is 0 Å². The molecular formula is C15H29NO. The molecule has 17 heavy (non-hydrogen) atoms. The van der Waals surface area contributed by atoms with Crippen molar-refractivity contribution in [2.75, 3.05) is 26.2 Å². The largest absolute Gasteiger partial charge is 0.396 e. The van der Waals surface area contributed by atoms with Crippen molar-refractivity contribution in [3.8, 4) is 0 Å². The van der Waals surface area contributed by atoms with E-state index in [4.69, 9.17) is 5.11 Å². The SMILES string of the molecule is CCC(CCO)CN1CC2(CCCCCC2)C1. The number of hydrogen-bond acceptors (Lipinski definition) is 2. The molecule has 1 aliphatic heterocycles. The first-order valence-corrected chi connectivity index (χ1v) is 7.61. The molecule has 0 amide bonds. The van der Waals surface area contributed by atoms with Crippen LogP contribution in [0.5, 0.6) is 0 Å². The predicted octanol–water partition coefficient (Wildman–Crippen LogP) is 3.05. The standard InChI is InChI=1S/C15H29NO/c1-2-14(7-10-17)11-16-12-15(13-16)8-5-3-4-6-9-15/h14,17H,2-13H2,1H3. The number of aliphatic hydroxyl groups is 1. The Labute approximate surface area is 106 Å². The Morgan fingerprint density at radius 2 is 1.76 bits per heavy atom. The number of rotatable bonds is 5. The zero-order valence-corrected chi connectivity index (χ0v) is 11.5. The van der Waals surface area contributed by atoms with Gasteiger partial charge in [-0.2, -0.15) is 0 Å². The highest BCUT2D eigenvalue weighted by Crippen LogP contribution is 2.43. The molecule has 0 aromatic heterocycles. The highest BCUT2D eigenvalue weighted by Gasteiger charge is 2.42. The zero-order chi connectivity index (χ0) is 12.1. The minimum Gasteiger partial charge on any atom is -0.396 e. The fourth-order valence-corrected chi connectivity index (χ4v) is 3.80. The van der Waals surface area contributed by atoms with Crippen LogP contribution in [0.15, 0.2) is 0 Å². The summed E-state index contributed by atoms with van der Waals surface area (Å²) < 4.78 is 0. The minimum absolute atomic E-state index is 0.359. The van der Waals surface area contributed by atoms with Crippen LogP contribution in [-0.4, -0.2) is 36.2 Å². The molecule has 1 spiro atoms. The highest BCUT2D eigenvalue weighted by molar-refractivity contribution is 4.96. The second kappa shape index (κ2) is 6.19. The van der Waals surface area contributed by atoms with E-state index in [2.05, 4.69) is 11.8 Å². The summed E-state index contributed by atoms with van der Waals surface area (Å²) in [7, 11) is 0. The van der Waals surface area contributed by atoms with Crippen LogP contribution >= 0.6 is 0 Å². The van der Waals surface area contributed by atoms with Gasteiger partial charge < -0.3 is 10.0 Å². The summed E-state index contributed by atoms with van der Waals surface area (Å²) in [6, 6.07) is 0. The molecule has 1 N–H and O–H groups in total. The monoisotopic (exact) mass is 239 g/mol. The van der Waals surface area contributed by atoms with Crippen LogP contribution in [0, 0.1) is 11.3 Å². The molecule has 2 fully saturated rings. The maximum absolute atomic E-state index is 9.03. The van der Waals surface area contributed by atoms with E-state index in [9.17, 15) is 0 Å². The predicted molar refractivity (Wildman–Crippen MR) is 72.1 cm³/mol. The molecule has 1 saturated carbocycles. The second-order valence-corrected chi connectivity index (χ2v) is 6.37. The summed E-state index contributed by atoms with van der Waals surface area (Å²) >= 11 is 0. The van der Waals surface area contributed by atoms with Gasteiger partial charge in [-0.05, 0) is 30.6 Å². The second-order valence-electron chi connectivity index (χ2n) is 6.37. The Hall–Kier alpha value is -0.0800. The third-order valence-electron chi connectivity index (χ3n) is 4.91. The molecule has 100 valence electrons. The van der Waals surface area contributed by atoms with Gasteiger partial charge >= 0.3 is 0 Å². The Balaban J connectivity index is 1.73. The summed E-state index contributed by atoms with van der Waals surface area (Å²) in [6.45, 7) is 6.52. The number of hydrogen-bond donors (Lipinski definition) is 1. The molecule has 2 heteroatoms. The zero-order valence-electron chi connectivity index (χ0n) is 11.5. The molecule has 1 unspecified atom stereocenters. The Morgan fingerprint density at radius 1 is 1.12 bits per heavy atom. The van der Waals surface area contributed by atoms with Crippen LogP contribution < -0.4 is 0 Å². The van der Waals surface area contributed by atoms with Gasteiger partial charge in [0.25, 0.3) is 0 Å². The maximum Gasteiger partial charge on any atom is 0.0434 e. The third-order valence-corrected chi connectivity index (χ3v) is 4.91. The van der Waals surface area contributed by atoms with Crippen molar-refractivity contribution < 1.29 is 5.11 Å². The van der Waals surface area contributed by atoms with Crippen molar-refractivity contribution in [2.45, 2.75) is 58.3 Å². The summed E-state index contributed by atoms with van der Waals surface area (Å²) in [5.41, 5.74) is 0.702. The summed E-state index contributed by atoms with van der Waals surface area (Å²) in [4.78, 5) is 2.63. The first kappa shape index (κ1) is 13.4. The lowest BCUT2D eigenvalue weighted by molar-refractivity contribution is -0.0235. The van der Waals surface area contributed by atoms with Crippen molar-refractivity contribution in [1.82, 2.24) is 4.90 Å². The van der Waals surface area contributed by atoms with E-state index in [0.717, 1.165) is 6.42 Å². The van der Waals surface area contributed by atoms with Gasteiger partial charge in [0.1, 0.15) is 0 Å². The fraction of sp³-hybridized carbons (Fsp3) is 1.00. The van der Waals surface area contributed by atoms with Crippen molar-refractivity contribution in [2.24, 2.45) is 11.3 Å². The van der Waals surface area contributed by atoms with E-state index in [1.165, 1.54) is 64.6 Å². The molecule has 2 rings (SSSR count). The van der Waals surface area contributed by atoms with Crippen molar-refractivity contribution >= 4 is 0 Å². The van der Waals surface area contributed by atoms with Crippen LogP contribution in [0.4, 0.5) is 0 Å². The third kappa shape index (κ3) is 3.45. The Bertz CT molecular complexity index is 213. The summed E-state index contributed by atoms with van der Waals surface area (Å²) in [5.74, 6) is 0.711. The van der Waals surface area contributed by atoms with E-state index < -0.39 is 0 Å². The van der Waals surface area contributed by atoms with Gasteiger partial charge in [-0.15, -0.1) is 0 Å². The van der Waals surface area contributed by atoms with Crippen LogP contribution in [0.25, 0.3) is 0 Å². The molecule has 1 heterocycles. The molecule has 2 nitrogen and oxygen atoms in total. The molecule has 0 aromatic carbocycles. The summed E-state index contributed by atoms with van der Waals surface area (Å²) in [6.07, 6.45) is 11.0. The topological polar surface area (TPSA) is 23.5 Å². The van der Waals surface area contributed by atoms with Crippen molar-refractivity contribution in [3.63, 3.8) is 0 Å². The van der Waals surface area contributed by atoms with Gasteiger partial charge in [0.15, 0.2) is 0 Å². The molecule has 0 radical (unpaired) electrons. The Kier molecular flexibility index (Phi) is 4.87. The lowest BCUT2D eigenvalue weighted by atomic mass is 9.73. The first-order valence-electron chi connectivity index (χ1n) is 7.61. The average molecular weight is 239 g/mol. The van der Waals surface area contributed by atoms with Gasteiger partial charge in [-0.1, -0.05) is 39.0 Å². The molecule has 0 aromatic rings. The van der Waals surface area contributed by atoms with Gasteiger partial charge in [-0.25, -0.2) is 0 Å². The van der Waals surface area contributed by atoms with Crippen LogP contribution in [0.3, 0.4) is 0 Å². The fourth-order valence-electron chi connectivity index (χ4n) is 3.80. The smallest absolute Gasteiger partial charge is 0.0434 e. The van der Waals surface area contributed by atoms with E-state index >= 15 is 0 Å². The van der Waals surface area contributed by atoms with Crippen LogP contribution in [-0.2, 0) is 0 Å². The van der Waals surface area contributed by atoms with Crippen LogP contribution in [0.2, 0.25) is 0 Å². The van der Waals surface area contributed by atoms with E-state index in [-0.39, 0.29) is 0 Å². The molecular weight excluding hydrogens is 210 g/mol. The van der Waals surface area contributed by atoms with Crippen LogP contribution in [0.1, 0.15) is 58.3 Å². The maximum atomic E-state index is 9.03. The van der Waals surface area contributed by atoms with Gasteiger partial charge in [0.05, 0.1) is 0 Å². The minimum atomic E-state index is 0.359. The van der Waals surface area contributed by atoms with Crippen molar-refractivity contribution in [1.29, 1.82) is 0 Å². The quantitative estimate of drug-likeness (QED) is 0.797. The van der Waals surface area contributed by atoms with E-state index in [1.54, 1.807) is 0 Å². The lowest BCUT2D eigenvalue weighted by Crippen LogP contribution is -2.57. The lowest BCUT2D eigenvalue weighted by Gasteiger charge is -2.51. The number of likely N-dealkylation sites (tertiary alicyclic amines) is 1. The van der Waals surface area contributed by atoms with Crippen molar-refractivity contribution in [3.05, 3.63) is 0 Å². The Morgan fingerprint density at radius 3 is 2.29 bits per heavy atom. The molecule has 2 aliphatic rings. The molecule has 0 bridgehead atoms. The molecule has 1 saturated heterocycles. The number of nitrogens with zero attached hydrogens (tertiary/aromatic N) is 1. The normalized spacial score (nSPS) is 26.5. The molecule has 1 atom stereocenters. The van der Waals surface area contributed by atoms with Gasteiger partial charge in [0.2, 0.25) is 0 Å². The highest BCUT2D eigenvalue weighted by atomic mass is 16.3. The molecule has 1 aliphatic carbocycles. The summed E-state index contributed by atoms with van der Waals surface area (Å²) in [5, 5.41) is 9.03. The van der Waals surface area contributed by atoms with Gasteiger partial charge in [-0.3, -0.25) is 0 Å². The first-order chi connectivity index (χ1) is 8.28.